The first-order valence-corrected chi connectivity index (χ1v) is 14.7. The van der Waals surface area contributed by atoms with Crippen molar-refractivity contribution >= 4 is 23.1 Å². The van der Waals surface area contributed by atoms with Crippen molar-refractivity contribution in [2.75, 3.05) is 18.1 Å². The summed E-state index contributed by atoms with van der Waals surface area (Å²) in [5.41, 5.74) is 3.42. The standard InChI is InChI=1S/C36H43NO5/c1-9-20-42-27-13-11-12-26(22-27)37-31(23-14-17-25(18-15-23)35(3,4)5)30(33(39)34(37)40)32(38)24-16-19-29(41-10-2)28(21-24)36(6,7)8/h11-19,21-22,31,38H,9-10,20H2,1-8H3/b32-30-. The van der Waals surface area contributed by atoms with Crippen LogP contribution in [0.2, 0.25) is 0 Å². The maximum atomic E-state index is 13.8. The molecule has 42 heavy (non-hydrogen) atoms. The molecule has 4 rings (SSSR count). The molecule has 0 radical (unpaired) electrons. The molecule has 0 saturated carbocycles. The van der Waals surface area contributed by atoms with Crippen LogP contribution in [-0.2, 0) is 20.4 Å². The monoisotopic (exact) mass is 569 g/mol. The summed E-state index contributed by atoms with van der Waals surface area (Å²) in [6.07, 6.45) is 0.841. The summed E-state index contributed by atoms with van der Waals surface area (Å²) in [4.78, 5) is 29.0. The van der Waals surface area contributed by atoms with Gasteiger partial charge in [-0.05, 0) is 65.6 Å². The molecule has 0 aliphatic carbocycles. The second-order valence-corrected chi connectivity index (χ2v) is 12.8. The van der Waals surface area contributed by atoms with Crippen molar-refractivity contribution < 1.29 is 24.2 Å². The normalized spacial score (nSPS) is 17.0. The maximum Gasteiger partial charge on any atom is 0.300 e. The third kappa shape index (κ3) is 6.23. The van der Waals surface area contributed by atoms with Crippen LogP contribution >= 0.6 is 0 Å². The highest BCUT2D eigenvalue weighted by atomic mass is 16.5. The summed E-state index contributed by atoms with van der Waals surface area (Å²) in [6, 6.07) is 19.7. The van der Waals surface area contributed by atoms with E-state index in [1.807, 2.05) is 62.4 Å². The van der Waals surface area contributed by atoms with Gasteiger partial charge in [-0.2, -0.15) is 0 Å². The van der Waals surface area contributed by atoms with Crippen LogP contribution in [-0.4, -0.2) is 30.0 Å². The number of hydrogen-bond acceptors (Lipinski definition) is 5. The first-order chi connectivity index (χ1) is 19.8. The van der Waals surface area contributed by atoms with Crippen LogP contribution < -0.4 is 14.4 Å². The molecule has 0 aromatic heterocycles. The van der Waals surface area contributed by atoms with Crippen molar-refractivity contribution in [2.45, 2.75) is 78.7 Å². The van der Waals surface area contributed by atoms with E-state index in [9.17, 15) is 14.7 Å². The van der Waals surface area contributed by atoms with E-state index in [1.165, 1.54) is 4.90 Å². The molecule has 6 heteroatoms. The van der Waals surface area contributed by atoms with Gasteiger partial charge in [0.15, 0.2) is 0 Å². The minimum absolute atomic E-state index is 0.0485. The number of carbonyl (C=O) groups is 2. The predicted octanol–water partition coefficient (Wildman–Crippen LogP) is 8.10. The van der Waals surface area contributed by atoms with Crippen LogP contribution in [0.15, 0.2) is 72.3 Å². The molecule has 3 aromatic carbocycles. The topological polar surface area (TPSA) is 76.1 Å². The number of nitrogens with zero attached hydrogens (tertiary/aromatic N) is 1. The largest absolute Gasteiger partial charge is 0.507 e. The summed E-state index contributed by atoms with van der Waals surface area (Å²) in [6.45, 7) is 17.6. The number of Topliss-reactive ketones (excluding diaryl/α,β-unsaturated/α-hetero) is 1. The van der Waals surface area contributed by atoms with Gasteiger partial charge in [0.1, 0.15) is 17.3 Å². The van der Waals surface area contributed by atoms with Crippen LogP contribution in [0.1, 0.15) is 90.1 Å². The number of amides is 1. The van der Waals surface area contributed by atoms with Crippen molar-refractivity contribution in [3.63, 3.8) is 0 Å². The number of hydrogen-bond donors (Lipinski definition) is 1. The lowest BCUT2D eigenvalue weighted by Crippen LogP contribution is -2.29. The van der Waals surface area contributed by atoms with Gasteiger partial charge in [0.25, 0.3) is 11.7 Å². The number of benzene rings is 3. The third-order valence-corrected chi connectivity index (χ3v) is 7.47. The number of carbonyl (C=O) groups excluding carboxylic acids is 2. The van der Waals surface area contributed by atoms with Gasteiger partial charge in [0.05, 0.1) is 24.8 Å². The van der Waals surface area contributed by atoms with Crippen LogP contribution in [0.25, 0.3) is 5.76 Å². The fraction of sp³-hybridized carbons (Fsp3) is 0.389. The van der Waals surface area contributed by atoms with E-state index < -0.39 is 17.7 Å². The Bertz CT molecular complexity index is 1490. The van der Waals surface area contributed by atoms with Crippen molar-refractivity contribution in [1.29, 1.82) is 0 Å². The summed E-state index contributed by atoms with van der Waals surface area (Å²) in [5, 5.41) is 11.8. The average molecular weight is 570 g/mol. The zero-order chi connectivity index (χ0) is 30.8. The van der Waals surface area contributed by atoms with Gasteiger partial charge in [0.2, 0.25) is 0 Å². The van der Waals surface area contributed by atoms with Crippen LogP contribution in [0.4, 0.5) is 5.69 Å². The Morgan fingerprint density at radius 2 is 1.55 bits per heavy atom. The minimum Gasteiger partial charge on any atom is -0.507 e. The maximum absolute atomic E-state index is 13.8. The van der Waals surface area contributed by atoms with E-state index in [2.05, 4.69) is 41.5 Å². The number of ketones is 1. The highest BCUT2D eigenvalue weighted by Gasteiger charge is 2.47. The molecule has 222 valence electrons. The fourth-order valence-corrected chi connectivity index (χ4v) is 5.22. The van der Waals surface area contributed by atoms with Crippen molar-refractivity contribution in [3.8, 4) is 11.5 Å². The van der Waals surface area contributed by atoms with Gasteiger partial charge in [-0.25, -0.2) is 0 Å². The molecular formula is C36H43NO5. The van der Waals surface area contributed by atoms with Gasteiger partial charge in [-0.1, -0.05) is 78.8 Å². The molecule has 0 bridgehead atoms. The molecule has 1 N–H and O–H groups in total. The SMILES string of the molecule is CCCOc1cccc(N2C(=O)C(=O)/C(=C(\O)c3ccc(OCC)c(C(C)(C)C)c3)C2c2ccc(C(C)(C)C)cc2)c1. The Labute approximate surface area is 250 Å². The molecule has 1 saturated heterocycles. The summed E-state index contributed by atoms with van der Waals surface area (Å²) < 4.78 is 11.7. The van der Waals surface area contributed by atoms with Gasteiger partial charge in [0, 0.05) is 22.9 Å². The van der Waals surface area contributed by atoms with E-state index in [1.54, 1.807) is 18.2 Å². The lowest BCUT2D eigenvalue weighted by molar-refractivity contribution is -0.132. The zero-order valence-corrected chi connectivity index (χ0v) is 26.1. The highest BCUT2D eigenvalue weighted by molar-refractivity contribution is 6.51. The quantitative estimate of drug-likeness (QED) is 0.169. The molecule has 1 heterocycles. The number of anilines is 1. The third-order valence-electron chi connectivity index (χ3n) is 7.47. The Morgan fingerprint density at radius 3 is 2.14 bits per heavy atom. The first kappa shape index (κ1) is 30.9. The number of aliphatic hydroxyl groups excluding tert-OH is 1. The van der Waals surface area contributed by atoms with E-state index in [4.69, 9.17) is 9.47 Å². The molecule has 3 aromatic rings. The van der Waals surface area contributed by atoms with E-state index in [-0.39, 0.29) is 22.2 Å². The number of ether oxygens (including phenoxy) is 2. The molecule has 1 aliphatic rings. The molecule has 1 aliphatic heterocycles. The Morgan fingerprint density at radius 1 is 0.857 bits per heavy atom. The smallest absolute Gasteiger partial charge is 0.300 e. The molecule has 1 unspecified atom stereocenters. The average Bonchev–Trinajstić information content (AvgIpc) is 3.21. The molecule has 6 nitrogen and oxygen atoms in total. The van der Waals surface area contributed by atoms with E-state index >= 15 is 0 Å². The zero-order valence-electron chi connectivity index (χ0n) is 26.1. The number of aliphatic hydroxyl groups is 1. The molecule has 1 amide bonds. The molecule has 0 spiro atoms. The predicted molar refractivity (Wildman–Crippen MR) is 168 cm³/mol. The van der Waals surface area contributed by atoms with Gasteiger partial charge < -0.3 is 14.6 Å². The lowest BCUT2D eigenvalue weighted by atomic mass is 9.84. The van der Waals surface area contributed by atoms with Crippen LogP contribution in [0.5, 0.6) is 11.5 Å². The van der Waals surface area contributed by atoms with Crippen molar-refractivity contribution in [2.24, 2.45) is 0 Å². The summed E-state index contributed by atoms with van der Waals surface area (Å²) in [7, 11) is 0. The summed E-state index contributed by atoms with van der Waals surface area (Å²) in [5.74, 6) is -0.313. The lowest BCUT2D eigenvalue weighted by Gasteiger charge is -2.27. The highest BCUT2D eigenvalue weighted by Crippen LogP contribution is 2.44. The van der Waals surface area contributed by atoms with Crippen molar-refractivity contribution in [3.05, 3.63) is 94.6 Å². The molecule has 1 fully saturated rings. The van der Waals surface area contributed by atoms with E-state index in [0.29, 0.717) is 30.2 Å². The Kier molecular flexibility index (Phi) is 8.86. The summed E-state index contributed by atoms with van der Waals surface area (Å²) >= 11 is 0. The van der Waals surface area contributed by atoms with Crippen LogP contribution in [0, 0.1) is 0 Å². The molecule has 1 atom stereocenters. The van der Waals surface area contributed by atoms with Crippen molar-refractivity contribution in [1.82, 2.24) is 0 Å². The Balaban J connectivity index is 1.93. The Hall–Kier alpha value is -4.06. The van der Waals surface area contributed by atoms with E-state index in [0.717, 1.165) is 28.9 Å². The van der Waals surface area contributed by atoms with Crippen LogP contribution in [0.3, 0.4) is 0 Å². The minimum atomic E-state index is -0.829. The second-order valence-electron chi connectivity index (χ2n) is 12.8. The van der Waals surface area contributed by atoms with Gasteiger partial charge in [-0.3, -0.25) is 14.5 Å². The number of rotatable bonds is 8. The van der Waals surface area contributed by atoms with Gasteiger partial charge in [-0.15, -0.1) is 0 Å². The fourth-order valence-electron chi connectivity index (χ4n) is 5.22. The van der Waals surface area contributed by atoms with Gasteiger partial charge >= 0.3 is 0 Å². The first-order valence-electron chi connectivity index (χ1n) is 14.7. The second kappa shape index (κ2) is 12.0. The molecular weight excluding hydrogens is 526 g/mol.